The first-order valence-corrected chi connectivity index (χ1v) is 7.45. The van der Waals surface area contributed by atoms with Gasteiger partial charge in [0.1, 0.15) is 0 Å². The molecule has 2 unspecified atom stereocenters. The number of nitrogens with two attached hydrogens (primary N) is 1. The minimum atomic E-state index is -0.481. The molecule has 0 radical (unpaired) electrons. The Bertz CT molecular complexity index is 479. The molecule has 1 aromatic carbocycles. The van der Waals surface area contributed by atoms with Crippen molar-refractivity contribution in [3.8, 4) is 0 Å². The number of carbonyl (C=O) groups is 1. The zero-order chi connectivity index (χ0) is 14.5. The lowest BCUT2D eigenvalue weighted by atomic mass is 10.1. The van der Waals surface area contributed by atoms with E-state index in [1.165, 1.54) is 6.42 Å². The molecule has 1 aromatic rings. The maximum Gasteiger partial charge on any atom is 0.248 e. The van der Waals surface area contributed by atoms with Crippen LogP contribution >= 0.6 is 11.6 Å². The van der Waals surface area contributed by atoms with Crippen LogP contribution in [0.25, 0.3) is 0 Å². The summed E-state index contributed by atoms with van der Waals surface area (Å²) < 4.78 is 0. The molecule has 20 heavy (non-hydrogen) atoms. The van der Waals surface area contributed by atoms with E-state index in [2.05, 4.69) is 5.32 Å². The number of hydrogen-bond acceptors (Lipinski definition) is 3. The monoisotopic (exact) mass is 296 g/mol. The second-order valence-electron chi connectivity index (χ2n) is 5.36. The van der Waals surface area contributed by atoms with Crippen molar-refractivity contribution in [3.63, 3.8) is 0 Å². The highest BCUT2D eigenvalue weighted by molar-refractivity contribution is 6.31. The van der Waals surface area contributed by atoms with Crippen LogP contribution in [0.1, 0.15) is 48.0 Å². The third kappa shape index (κ3) is 3.95. The third-order valence-corrected chi connectivity index (χ3v) is 4.22. The Morgan fingerprint density at radius 3 is 2.80 bits per heavy atom. The topological polar surface area (TPSA) is 75.4 Å². The van der Waals surface area contributed by atoms with Gasteiger partial charge in [0.25, 0.3) is 0 Å². The zero-order valence-corrected chi connectivity index (χ0v) is 12.2. The predicted molar refractivity (Wildman–Crippen MR) is 79.7 cm³/mol. The Labute approximate surface area is 124 Å². The Kier molecular flexibility index (Phi) is 5.40. The van der Waals surface area contributed by atoms with Crippen LogP contribution in [-0.2, 0) is 6.54 Å². The number of rotatable bonds is 4. The molecule has 0 aliphatic heterocycles. The Morgan fingerprint density at radius 1 is 1.35 bits per heavy atom. The molecule has 1 fully saturated rings. The number of nitrogens with one attached hydrogen (secondary N) is 1. The molecule has 1 saturated carbocycles. The summed E-state index contributed by atoms with van der Waals surface area (Å²) in [4.78, 5) is 11.1. The summed E-state index contributed by atoms with van der Waals surface area (Å²) in [5.41, 5.74) is 6.53. The van der Waals surface area contributed by atoms with Crippen molar-refractivity contribution in [3.05, 3.63) is 34.3 Å². The molecular weight excluding hydrogens is 276 g/mol. The standard InChI is InChI=1S/C15H21ClN2O2/c16-12-8-10(15(17)20)6-7-11(12)9-18-13-4-2-1-3-5-14(13)19/h6-8,13-14,18-19H,1-5,9H2,(H2,17,20). The van der Waals surface area contributed by atoms with E-state index in [9.17, 15) is 9.90 Å². The Balaban J connectivity index is 1.97. The van der Waals surface area contributed by atoms with Crippen LogP contribution in [0.15, 0.2) is 18.2 Å². The molecule has 2 atom stereocenters. The summed E-state index contributed by atoms with van der Waals surface area (Å²) in [7, 11) is 0. The van der Waals surface area contributed by atoms with Crippen molar-refractivity contribution in [1.82, 2.24) is 5.32 Å². The van der Waals surface area contributed by atoms with Gasteiger partial charge in [0.15, 0.2) is 0 Å². The predicted octanol–water partition coefficient (Wildman–Crippen LogP) is 2.22. The molecule has 110 valence electrons. The summed E-state index contributed by atoms with van der Waals surface area (Å²) in [6, 6.07) is 5.18. The Hall–Kier alpha value is -1.10. The van der Waals surface area contributed by atoms with Gasteiger partial charge in [-0.3, -0.25) is 4.79 Å². The van der Waals surface area contributed by atoms with Gasteiger partial charge in [0.2, 0.25) is 5.91 Å². The van der Waals surface area contributed by atoms with E-state index in [-0.39, 0.29) is 12.1 Å². The molecule has 1 aliphatic carbocycles. The van der Waals surface area contributed by atoms with Gasteiger partial charge in [-0.05, 0) is 30.5 Å². The SMILES string of the molecule is NC(=O)c1ccc(CNC2CCCCCC2O)c(Cl)c1. The molecule has 1 amide bonds. The Morgan fingerprint density at radius 2 is 2.10 bits per heavy atom. The highest BCUT2D eigenvalue weighted by atomic mass is 35.5. The van der Waals surface area contributed by atoms with Crippen LogP contribution in [0.5, 0.6) is 0 Å². The van der Waals surface area contributed by atoms with E-state index in [4.69, 9.17) is 17.3 Å². The number of benzene rings is 1. The average molecular weight is 297 g/mol. The summed E-state index contributed by atoms with van der Waals surface area (Å²) in [5.74, 6) is -0.481. The zero-order valence-electron chi connectivity index (χ0n) is 11.4. The first kappa shape index (κ1) is 15.3. The summed E-state index contributed by atoms with van der Waals surface area (Å²) >= 11 is 6.15. The van der Waals surface area contributed by atoms with E-state index in [0.29, 0.717) is 17.1 Å². The molecule has 2 rings (SSSR count). The lowest BCUT2D eigenvalue weighted by molar-refractivity contribution is 0.100. The number of primary amides is 1. The number of carbonyl (C=O) groups excluding carboxylic acids is 1. The normalized spacial score (nSPS) is 23.3. The first-order valence-electron chi connectivity index (χ1n) is 7.07. The van der Waals surface area contributed by atoms with E-state index >= 15 is 0 Å². The molecule has 4 N–H and O–H groups in total. The van der Waals surface area contributed by atoms with Crippen molar-refractivity contribution in [2.24, 2.45) is 5.73 Å². The summed E-state index contributed by atoms with van der Waals surface area (Å²) in [5, 5.41) is 13.9. The second-order valence-corrected chi connectivity index (χ2v) is 5.77. The van der Waals surface area contributed by atoms with Crippen molar-refractivity contribution in [2.75, 3.05) is 0 Å². The van der Waals surface area contributed by atoms with Crippen molar-refractivity contribution >= 4 is 17.5 Å². The highest BCUT2D eigenvalue weighted by Gasteiger charge is 2.21. The molecular formula is C15H21ClN2O2. The molecule has 0 saturated heterocycles. The van der Waals surface area contributed by atoms with Gasteiger partial charge >= 0.3 is 0 Å². The van der Waals surface area contributed by atoms with Crippen LogP contribution in [0.2, 0.25) is 5.02 Å². The fourth-order valence-electron chi connectivity index (χ4n) is 2.61. The fraction of sp³-hybridized carbons (Fsp3) is 0.533. The first-order chi connectivity index (χ1) is 9.58. The molecule has 0 bridgehead atoms. The number of aliphatic hydroxyl groups excluding tert-OH is 1. The second kappa shape index (κ2) is 7.07. The van der Waals surface area contributed by atoms with Gasteiger partial charge in [-0.2, -0.15) is 0 Å². The highest BCUT2D eigenvalue weighted by Crippen LogP contribution is 2.21. The maximum absolute atomic E-state index is 11.1. The van der Waals surface area contributed by atoms with Crippen LogP contribution in [-0.4, -0.2) is 23.2 Å². The van der Waals surface area contributed by atoms with Crippen LogP contribution in [0.3, 0.4) is 0 Å². The lowest BCUT2D eigenvalue weighted by Gasteiger charge is -2.22. The molecule has 5 heteroatoms. The largest absolute Gasteiger partial charge is 0.392 e. The fourth-order valence-corrected chi connectivity index (χ4v) is 2.86. The quantitative estimate of drug-likeness (QED) is 0.746. The molecule has 1 aliphatic rings. The lowest BCUT2D eigenvalue weighted by Crippen LogP contribution is -2.38. The van der Waals surface area contributed by atoms with E-state index in [0.717, 1.165) is 31.2 Å². The average Bonchev–Trinajstić information content (AvgIpc) is 2.62. The van der Waals surface area contributed by atoms with Gasteiger partial charge in [-0.15, -0.1) is 0 Å². The van der Waals surface area contributed by atoms with Gasteiger partial charge in [0, 0.05) is 23.2 Å². The molecule has 4 nitrogen and oxygen atoms in total. The van der Waals surface area contributed by atoms with Gasteiger partial charge in [0.05, 0.1) is 6.10 Å². The minimum absolute atomic E-state index is 0.115. The summed E-state index contributed by atoms with van der Waals surface area (Å²) in [6.45, 7) is 0.583. The third-order valence-electron chi connectivity index (χ3n) is 3.87. The van der Waals surface area contributed by atoms with E-state index in [1.807, 2.05) is 0 Å². The van der Waals surface area contributed by atoms with Crippen molar-refractivity contribution < 1.29 is 9.90 Å². The molecule has 0 spiro atoms. The number of amides is 1. The van der Waals surface area contributed by atoms with Crippen molar-refractivity contribution in [1.29, 1.82) is 0 Å². The smallest absolute Gasteiger partial charge is 0.248 e. The van der Waals surface area contributed by atoms with Gasteiger partial charge in [-0.25, -0.2) is 0 Å². The van der Waals surface area contributed by atoms with Crippen LogP contribution < -0.4 is 11.1 Å². The van der Waals surface area contributed by atoms with E-state index < -0.39 is 5.91 Å². The molecule has 0 aromatic heterocycles. The molecule has 0 heterocycles. The van der Waals surface area contributed by atoms with Crippen LogP contribution in [0, 0.1) is 0 Å². The number of halogens is 1. The van der Waals surface area contributed by atoms with E-state index in [1.54, 1.807) is 18.2 Å². The minimum Gasteiger partial charge on any atom is -0.392 e. The number of hydrogen-bond donors (Lipinski definition) is 3. The van der Waals surface area contributed by atoms with Gasteiger partial charge < -0.3 is 16.2 Å². The number of aliphatic hydroxyl groups is 1. The summed E-state index contributed by atoms with van der Waals surface area (Å²) in [6.07, 6.45) is 4.96. The van der Waals surface area contributed by atoms with Crippen LogP contribution in [0.4, 0.5) is 0 Å². The van der Waals surface area contributed by atoms with Crippen molar-refractivity contribution in [2.45, 2.75) is 50.8 Å². The van der Waals surface area contributed by atoms with Gasteiger partial charge in [-0.1, -0.05) is 36.9 Å². The maximum atomic E-state index is 11.1.